The van der Waals surface area contributed by atoms with E-state index in [-0.39, 0.29) is 5.91 Å². The maximum Gasteiger partial charge on any atom is 0.280 e. The quantitative estimate of drug-likeness (QED) is 0.385. The van der Waals surface area contributed by atoms with Crippen molar-refractivity contribution in [2.75, 3.05) is 31.1 Å². The van der Waals surface area contributed by atoms with E-state index in [0.717, 1.165) is 40.9 Å². The molecule has 31 heavy (non-hydrogen) atoms. The van der Waals surface area contributed by atoms with Gasteiger partial charge in [0.2, 0.25) is 0 Å². The number of hydrogen-bond donors (Lipinski definition) is 0. The van der Waals surface area contributed by atoms with E-state index >= 15 is 0 Å². The van der Waals surface area contributed by atoms with E-state index in [2.05, 4.69) is 28.7 Å². The van der Waals surface area contributed by atoms with Gasteiger partial charge in [-0.2, -0.15) is 0 Å². The Morgan fingerprint density at radius 1 is 1.03 bits per heavy atom. The van der Waals surface area contributed by atoms with Gasteiger partial charge < -0.3 is 4.90 Å². The van der Waals surface area contributed by atoms with Crippen molar-refractivity contribution < 1.29 is 4.79 Å². The van der Waals surface area contributed by atoms with E-state index in [1.807, 2.05) is 43.3 Å². The molecule has 0 aliphatic carbocycles. The minimum atomic E-state index is -0.210. The summed E-state index contributed by atoms with van der Waals surface area (Å²) in [7, 11) is 0. The molecule has 0 saturated carbocycles. The molecule has 160 valence electrons. The molecule has 0 fully saturated rings. The monoisotopic (exact) mass is 453 g/mol. The van der Waals surface area contributed by atoms with Gasteiger partial charge in [0.15, 0.2) is 5.13 Å². The van der Waals surface area contributed by atoms with Crippen LogP contribution < -0.4 is 4.90 Å². The third-order valence-electron chi connectivity index (χ3n) is 5.36. The van der Waals surface area contributed by atoms with Crippen LogP contribution in [0.25, 0.3) is 21.3 Å². The van der Waals surface area contributed by atoms with Crippen LogP contribution in [0.15, 0.2) is 42.6 Å². The molecule has 6 nitrogen and oxygen atoms in total. The number of likely N-dealkylation sites (N-methyl/N-ethyl adjacent to an activating group) is 1. The summed E-state index contributed by atoms with van der Waals surface area (Å²) >= 11 is 7.85. The van der Waals surface area contributed by atoms with Gasteiger partial charge in [-0.3, -0.25) is 14.7 Å². The second-order valence-corrected chi connectivity index (χ2v) is 8.65. The Hall–Kier alpha value is -2.61. The van der Waals surface area contributed by atoms with Gasteiger partial charge in [0.25, 0.3) is 5.91 Å². The lowest BCUT2D eigenvalue weighted by atomic mass is 10.2. The molecule has 0 unspecified atom stereocenters. The first-order valence-corrected chi connectivity index (χ1v) is 11.5. The first-order chi connectivity index (χ1) is 15.0. The lowest BCUT2D eigenvalue weighted by Gasteiger charge is -2.24. The number of aromatic nitrogens is 3. The second-order valence-electron chi connectivity index (χ2n) is 7.27. The summed E-state index contributed by atoms with van der Waals surface area (Å²) in [6.07, 6.45) is 1.54. The van der Waals surface area contributed by atoms with Crippen LogP contribution >= 0.6 is 22.9 Å². The summed E-state index contributed by atoms with van der Waals surface area (Å²) in [6.45, 7) is 9.31. The molecule has 0 bridgehead atoms. The molecule has 2 aromatic carbocycles. The standard InChI is InChI=1S/C23H24ClN5OS/c1-4-28(5-2)12-13-29(23-27-20-15(3)10-11-16(24)21(20)31-23)22(30)19-14-25-17-8-6-7-9-18(17)26-19/h6-11,14H,4-5,12-13H2,1-3H3. The molecule has 0 radical (unpaired) electrons. The van der Waals surface area contributed by atoms with E-state index in [4.69, 9.17) is 16.6 Å². The Kier molecular flexibility index (Phi) is 6.46. The minimum Gasteiger partial charge on any atom is -0.302 e. The molecule has 4 aromatic rings. The summed E-state index contributed by atoms with van der Waals surface area (Å²) in [6, 6.07) is 11.4. The van der Waals surface area contributed by atoms with E-state index in [0.29, 0.717) is 27.9 Å². The molecule has 0 atom stereocenters. The summed E-state index contributed by atoms with van der Waals surface area (Å²) in [5, 5.41) is 1.27. The fourth-order valence-electron chi connectivity index (χ4n) is 3.47. The fraction of sp³-hybridized carbons (Fsp3) is 0.304. The maximum atomic E-state index is 13.6. The second kappa shape index (κ2) is 9.26. The number of carbonyl (C=O) groups excluding carboxylic acids is 1. The van der Waals surface area contributed by atoms with Gasteiger partial charge in [0, 0.05) is 13.1 Å². The number of nitrogens with zero attached hydrogens (tertiary/aromatic N) is 5. The van der Waals surface area contributed by atoms with Gasteiger partial charge in [-0.1, -0.05) is 55.0 Å². The van der Waals surface area contributed by atoms with Gasteiger partial charge in [0.05, 0.1) is 32.5 Å². The molecule has 4 rings (SSSR count). The molecule has 0 spiro atoms. The summed E-state index contributed by atoms with van der Waals surface area (Å²) < 4.78 is 0.891. The van der Waals surface area contributed by atoms with Crippen LogP contribution in [0, 0.1) is 6.92 Å². The number of benzene rings is 2. The molecule has 2 aromatic heterocycles. The van der Waals surface area contributed by atoms with Crippen molar-refractivity contribution in [3.63, 3.8) is 0 Å². The molecule has 8 heteroatoms. The normalized spacial score (nSPS) is 11.5. The molecule has 0 aliphatic rings. The number of fused-ring (bicyclic) bond motifs is 2. The molecular weight excluding hydrogens is 430 g/mol. The van der Waals surface area contributed by atoms with Crippen LogP contribution in [0.3, 0.4) is 0 Å². The van der Waals surface area contributed by atoms with E-state index in [9.17, 15) is 4.79 Å². The molecule has 0 N–H and O–H groups in total. The number of para-hydroxylation sites is 2. The lowest BCUT2D eigenvalue weighted by Crippen LogP contribution is -2.39. The van der Waals surface area contributed by atoms with Crippen molar-refractivity contribution in [3.8, 4) is 0 Å². The number of aryl methyl sites for hydroxylation is 1. The highest BCUT2D eigenvalue weighted by molar-refractivity contribution is 7.23. The van der Waals surface area contributed by atoms with E-state index < -0.39 is 0 Å². The van der Waals surface area contributed by atoms with Crippen molar-refractivity contribution >= 4 is 55.2 Å². The summed E-state index contributed by atoms with van der Waals surface area (Å²) in [5.74, 6) is -0.210. The third-order valence-corrected chi connectivity index (χ3v) is 6.90. The third kappa shape index (κ3) is 4.39. The maximum absolute atomic E-state index is 13.6. The zero-order valence-corrected chi connectivity index (χ0v) is 19.4. The van der Waals surface area contributed by atoms with Crippen LogP contribution in [0.2, 0.25) is 5.02 Å². The number of anilines is 1. The molecule has 0 saturated heterocycles. The largest absolute Gasteiger partial charge is 0.302 e. The predicted molar refractivity (Wildman–Crippen MR) is 128 cm³/mol. The summed E-state index contributed by atoms with van der Waals surface area (Å²) in [4.78, 5) is 31.3. The van der Waals surface area contributed by atoms with Gasteiger partial charge in [0.1, 0.15) is 5.69 Å². The fourth-order valence-corrected chi connectivity index (χ4v) is 4.81. The highest BCUT2D eigenvalue weighted by atomic mass is 35.5. The molecular formula is C23H24ClN5OS. The Morgan fingerprint density at radius 2 is 1.77 bits per heavy atom. The van der Waals surface area contributed by atoms with E-state index in [1.54, 1.807) is 11.1 Å². The van der Waals surface area contributed by atoms with Crippen LogP contribution in [-0.4, -0.2) is 51.9 Å². The first kappa shape index (κ1) is 21.6. The number of carbonyl (C=O) groups is 1. The number of halogens is 1. The van der Waals surface area contributed by atoms with Crippen LogP contribution in [0.5, 0.6) is 0 Å². The van der Waals surface area contributed by atoms with Gasteiger partial charge in [-0.15, -0.1) is 0 Å². The van der Waals surface area contributed by atoms with E-state index in [1.165, 1.54) is 11.3 Å². The smallest absolute Gasteiger partial charge is 0.280 e. The Balaban J connectivity index is 1.75. The van der Waals surface area contributed by atoms with Crippen molar-refractivity contribution in [1.29, 1.82) is 0 Å². The Labute approximate surface area is 190 Å². The molecule has 2 heterocycles. The van der Waals surface area contributed by atoms with Crippen molar-refractivity contribution in [2.24, 2.45) is 0 Å². The van der Waals surface area contributed by atoms with Crippen molar-refractivity contribution in [2.45, 2.75) is 20.8 Å². The SMILES string of the molecule is CCN(CC)CCN(C(=O)c1cnc2ccccc2n1)c1nc2c(C)ccc(Cl)c2s1. The average Bonchev–Trinajstić information content (AvgIpc) is 3.25. The first-order valence-electron chi connectivity index (χ1n) is 10.3. The highest BCUT2D eigenvalue weighted by Crippen LogP contribution is 2.36. The number of rotatable bonds is 7. The predicted octanol–water partition coefficient (Wildman–Crippen LogP) is 5.19. The van der Waals surface area contributed by atoms with Gasteiger partial charge in [-0.25, -0.2) is 9.97 Å². The zero-order valence-electron chi connectivity index (χ0n) is 17.8. The van der Waals surface area contributed by atoms with Crippen molar-refractivity contribution in [1.82, 2.24) is 19.9 Å². The number of hydrogen-bond acceptors (Lipinski definition) is 6. The van der Waals surface area contributed by atoms with Crippen LogP contribution in [-0.2, 0) is 0 Å². The number of thiazole rings is 1. The molecule has 1 amide bonds. The minimum absolute atomic E-state index is 0.210. The zero-order chi connectivity index (χ0) is 22.0. The average molecular weight is 454 g/mol. The van der Waals surface area contributed by atoms with Crippen molar-refractivity contribution in [3.05, 3.63) is 58.9 Å². The Morgan fingerprint density at radius 3 is 2.48 bits per heavy atom. The van der Waals surface area contributed by atoms with Gasteiger partial charge >= 0.3 is 0 Å². The topological polar surface area (TPSA) is 62.2 Å². The van der Waals surface area contributed by atoms with Crippen LogP contribution in [0.1, 0.15) is 29.9 Å². The summed E-state index contributed by atoms with van der Waals surface area (Å²) in [5.41, 5.74) is 3.62. The highest BCUT2D eigenvalue weighted by Gasteiger charge is 2.24. The van der Waals surface area contributed by atoms with Crippen LogP contribution in [0.4, 0.5) is 5.13 Å². The lowest BCUT2D eigenvalue weighted by molar-refractivity contribution is 0.0979. The molecule has 0 aliphatic heterocycles. The Bertz CT molecular complexity index is 1200. The number of amides is 1. The van der Waals surface area contributed by atoms with Gasteiger partial charge in [-0.05, 0) is 43.8 Å².